The zero-order valence-electron chi connectivity index (χ0n) is 12.5. The molecule has 3 heterocycles. The first-order chi connectivity index (χ1) is 11.6. The molecule has 24 heavy (non-hydrogen) atoms. The average Bonchev–Trinajstić information content (AvgIpc) is 2.60. The van der Waals surface area contributed by atoms with Gasteiger partial charge in [0.25, 0.3) is 0 Å². The van der Waals surface area contributed by atoms with Gasteiger partial charge in [-0.05, 0) is 23.1 Å². The topological polar surface area (TPSA) is 99.6 Å². The molecular formula is C15H15N3O4S2. The van der Waals surface area contributed by atoms with Gasteiger partial charge in [0.15, 0.2) is 0 Å². The maximum atomic E-state index is 12.1. The third-order valence-corrected chi connectivity index (χ3v) is 6.81. The number of hydrogen-bond acceptors (Lipinski definition) is 6. The van der Waals surface area contributed by atoms with E-state index in [9.17, 15) is 19.5 Å². The molecule has 3 rings (SSSR count). The molecule has 2 aliphatic rings. The van der Waals surface area contributed by atoms with Crippen molar-refractivity contribution in [2.24, 2.45) is 0 Å². The van der Waals surface area contributed by atoms with Crippen LogP contribution < -0.4 is 5.32 Å². The summed E-state index contributed by atoms with van der Waals surface area (Å²) in [7, 11) is 0. The van der Waals surface area contributed by atoms with Crippen LogP contribution in [-0.4, -0.2) is 61.7 Å². The van der Waals surface area contributed by atoms with E-state index in [0.29, 0.717) is 12.2 Å². The SMILES string of the molecule is O=CNC1C(=O)N2CC(SC=Cc3cccnc3)(C(=O)O)CS[C@H]12. The lowest BCUT2D eigenvalue weighted by Crippen LogP contribution is -2.73. The quantitative estimate of drug-likeness (QED) is 0.564. The molecule has 0 aromatic carbocycles. The molecule has 2 unspecified atom stereocenters. The van der Waals surface area contributed by atoms with Gasteiger partial charge in [0, 0.05) is 24.7 Å². The molecule has 7 nitrogen and oxygen atoms in total. The van der Waals surface area contributed by atoms with Crippen LogP contribution in [0.5, 0.6) is 0 Å². The molecule has 0 radical (unpaired) electrons. The summed E-state index contributed by atoms with van der Waals surface area (Å²) in [6, 6.07) is 3.13. The third-order valence-electron chi connectivity index (χ3n) is 3.93. The van der Waals surface area contributed by atoms with Crippen molar-refractivity contribution in [1.82, 2.24) is 15.2 Å². The van der Waals surface area contributed by atoms with Crippen molar-refractivity contribution in [3.8, 4) is 0 Å². The number of hydrogen-bond donors (Lipinski definition) is 2. The lowest BCUT2D eigenvalue weighted by Gasteiger charge is -2.53. The number of carbonyl (C=O) groups is 3. The minimum Gasteiger partial charge on any atom is -0.480 e. The van der Waals surface area contributed by atoms with Gasteiger partial charge in [-0.2, -0.15) is 0 Å². The number of aliphatic carboxylic acids is 1. The number of aromatic nitrogens is 1. The van der Waals surface area contributed by atoms with Crippen molar-refractivity contribution in [2.45, 2.75) is 16.2 Å². The summed E-state index contributed by atoms with van der Waals surface area (Å²) in [5.41, 5.74) is 0.877. The van der Waals surface area contributed by atoms with Gasteiger partial charge in [-0.25, -0.2) is 0 Å². The second-order valence-corrected chi connectivity index (χ2v) is 7.83. The molecular weight excluding hydrogens is 350 g/mol. The van der Waals surface area contributed by atoms with E-state index in [2.05, 4.69) is 10.3 Å². The number of nitrogens with one attached hydrogen (secondary N) is 1. The zero-order chi connectivity index (χ0) is 17.2. The van der Waals surface area contributed by atoms with Crippen molar-refractivity contribution >= 4 is 47.9 Å². The Bertz CT molecular complexity index is 685. The van der Waals surface area contributed by atoms with E-state index < -0.39 is 16.8 Å². The number of carbonyl (C=O) groups excluding carboxylic acids is 2. The number of rotatable bonds is 6. The summed E-state index contributed by atoms with van der Waals surface area (Å²) < 4.78 is -1.10. The fourth-order valence-electron chi connectivity index (χ4n) is 2.61. The minimum absolute atomic E-state index is 0.123. The first-order valence-corrected chi connectivity index (χ1v) is 9.10. The fourth-order valence-corrected chi connectivity index (χ4v) is 5.29. The van der Waals surface area contributed by atoms with Crippen LogP contribution in [-0.2, 0) is 14.4 Å². The number of fused-ring (bicyclic) bond motifs is 1. The standard InChI is InChI=1S/C15H15N3O4S2/c19-9-17-11-12(20)18-7-15(14(21)22,8-23-13(11)18)24-5-3-10-2-1-4-16-6-10/h1-6,9,11,13H,7-8H2,(H,17,19)(H,21,22)/t11?,13-,15?/m1/s1. The van der Waals surface area contributed by atoms with Crippen LogP contribution in [0.1, 0.15) is 5.56 Å². The Labute approximate surface area is 146 Å². The van der Waals surface area contributed by atoms with E-state index in [-0.39, 0.29) is 17.8 Å². The highest BCUT2D eigenvalue weighted by Gasteiger charge is 2.57. The highest BCUT2D eigenvalue weighted by molar-refractivity contribution is 8.06. The van der Waals surface area contributed by atoms with Crippen LogP contribution in [0, 0.1) is 0 Å². The number of amides is 2. The van der Waals surface area contributed by atoms with Gasteiger partial charge in [-0.3, -0.25) is 19.4 Å². The molecule has 0 saturated carbocycles. The van der Waals surface area contributed by atoms with Crippen LogP contribution in [0.2, 0.25) is 0 Å². The Morgan fingerprint density at radius 3 is 3.08 bits per heavy atom. The predicted molar refractivity (Wildman–Crippen MR) is 92.2 cm³/mol. The molecule has 1 aromatic rings. The van der Waals surface area contributed by atoms with Gasteiger partial charge in [0.05, 0.1) is 0 Å². The van der Waals surface area contributed by atoms with E-state index in [1.807, 2.05) is 6.07 Å². The van der Waals surface area contributed by atoms with Gasteiger partial charge in [-0.1, -0.05) is 6.07 Å². The predicted octanol–water partition coefficient (Wildman–Crippen LogP) is 0.639. The lowest BCUT2D eigenvalue weighted by molar-refractivity contribution is -0.151. The molecule has 126 valence electrons. The van der Waals surface area contributed by atoms with E-state index in [1.165, 1.54) is 28.4 Å². The normalized spacial score (nSPS) is 29.0. The Kier molecular flexibility index (Phi) is 4.81. The number of carboxylic acids is 1. The Morgan fingerprint density at radius 1 is 1.58 bits per heavy atom. The lowest BCUT2D eigenvalue weighted by atomic mass is 10.0. The molecule has 2 aliphatic heterocycles. The molecule has 9 heteroatoms. The smallest absolute Gasteiger partial charge is 0.322 e. The molecule has 3 atom stereocenters. The van der Waals surface area contributed by atoms with Crippen molar-refractivity contribution in [2.75, 3.05) is 12.3 Å². The highest BCUT2D eigenvalue weighted by Crippen LogP contribution is 2.44. The van der Waals surface area contributed by atoms with Gasteiger partial charge in [-0.15, -0.1) is 23.5 Å². The van der Waals surface area contributed by atoms with E-state index in [1.54, 1.807) is 29.9 Å². The summed E-state index contributed by atoms with van der Waals surface area (Å²) >= 11 is 2.57. The number of nitrogens with zero attached hydrogens (tertiary/aromatic N) is 2. The monoisotopic (exact) mass is 365 g/mol. The van der Waals surface area contributed by atoms with Crippen LogP contribution in [0.4, 0.5) is 0 Å². The molecule has 0 bridgehead atoms. The molecule has 2 amide bonds. The maximum absolute atomic E-state index is 12.1. The van der Waals surface area contributed by atoms with Crippen molar-refractivity contribution in [3.05, 3.63) is 35.5 Å². The van der Waals surface area contributed by atoms with Gasteiger partial charge in [0.1, 0.15) is 16.2 Å². The summed E-state index contributed by atoms with van der Waals surface area (Å²) in [6.45, 7) is 0.123. The van der Waals surface area contributed by atoms with E-state index >= 15 is 0 Å². The highest BCUT2D eigenvalue weighted by atomic mass is 32.2. The largest absolute Gasteiger partial charge is 0.480 e. The fraction of sp³-hybridized carbons (Fsp3) is 0.333. The first kappa shape index (κ1) is 16.8. The number of pyridine rings is 1. The summed E-state index contributed by atoms with van der Waals surface area (Å²) in [6.07, 6.45) is 5.66. The summed E-state index contributed by atoms with van der Waals surface area (Å²) in [5, 5.41) is 13.7. The van der Waals surface area contributed by atoms with Crippen LogP contribution in [0.3, 0.4) is 0 Å². The van der Waals surface area contributed by atoms with Crippen LogP contribution in [0.15, 0.2) is 29.9 Å². The van der Waals surface area contributed by atoms with Crippen LogP contribution >= 0.6 is 23.5 Å². The minimum atomic E-state index is -1.10. The maximum Gasteiger partial charge on any atom is 0.322 e. The molecule has 1 aromatic heterocycles. The molecule has 2 saturated heterocycles. The number of carboxylic acid groups (broad SMARTS) is 1. The Hall–Kier alpha value is -2.00. The molecule has 2 N–H and O–H groups in total. The van der Waals surface area contributed by atoms with E-state index in [4.69, 9.17) is 0 Å². The summed E-state index contributed by atoms with van der Waals surface area (Å²) in [4.78, 5) is 39.9. The van der Waals surface area contributed by atoms with Gasteiger partial charge in [0.2, 0.25) is 12.3 Å². The zero-order valence-corrected chi connectivity index (χ0v) is 14.1. The van der Waals surface area contributed by atoms with Crippen molar-refractivity contribution < 1.29 is 19.5 Å². The van der Waals surface area contributed by atoms with E-state index in [0.717, 1.165) is 5.56 Å². The second-order valence-electron chi connectivity index (χ2n) is 5.44. The molecule has 0 aliphatic carbocycles. The van der Waals surface area contributed by atoms with Gasteiger partial charge >= 0.3 is 5.97 Å². The Balaban J connectivity index is 1.70. The number of thioether (sulfide) groups is 2. The van der Waals surface area contributed by atoms with Crippen molar-refractivity contribution in [1.29, 1.82) is 0 Å². The van der Waals surface area contributed by atoms with Gasteiger partial charge < -0.3 is 15.3 Å². The first-order valence-electron chi connectivity index (χ1n) is 7.17. The molecule has 0 spiro atoms. The summed E-state index contributed by atoms with van der Waals surface area (Å²) in [5.74, 6) is -0.828. The molecule has 2 fully saturated rings. The number of β-lactam (4-membered cyclic amide) rings is 1. The van der Waals surface area contributed by atoms with Crippen molar-refractivity contribution in [3.63, 3.8) is 0 Å². The Morgan fingerprint density at radius 2 is 2.42 bits per heavy atom. The average molecular weight is 365 g/mol. The third kappa shape index (κ3) is 3.01. The second kappa shape index (κ2) is 6.86. The van der Waals surface area contributed by atoms with Crippen LogP contribution in [0.25, 0.3) is 6.08 Å².